The number of nitrogens with two attached hydrogens (primary N) is 1. The molecule has 1 aromatic carbocycles. The second kappa shape index (κ2) is 5.56. The lowest BCUT2D eigenvalue weighted by Crippen LogP contribution is -2.10. The van der Waals surface area contributed by atoms with Gasteiger partial charge in [-0.25, -0.2) is 0 Å². The zero-order valence-corrected chi connectivity index (χ0v) is 9.49. The second-order valence-electron chi connectivity index (χ2n) is 3.77. The average molecular weight is 205 g/mol. The summed E-state index contributed by atoms with van der Waals surface area (Å²) in [6, 6.07) is 7.98. The average Bonchev–Trinajstić information content (AvgIpc) is 2.18. The fraction of sp³-hybridized carbons (Fsp3) is 0.385. The molecule has 0 aliphatic carbocycles. The Hall–Kier alpha value is -1.28. The highest BCUT2D eigenvalue weighted by atomic mass is 16.5. The summed E-state index contributed by atoms with van der Waals surface area (Å²) < 4.78 is 5.36. The predicted molar refractivity (Wildman–Crippen MR) is 64.0 cm³/mol. The molecule has 0 saturated carbocycles. The Morgan fingerprint density at radius 3 is 2.47 bits per heavy atom. The van der Waals surface area contributed by atoms with Gasteiger partial charge in [-0.2, -0.15) is 0 Å². The van der Waals surface area contributed by atoms with Gasteiger partial charge in [0.15, 0.2) is 0 Å². The van der Waals surface area contributed by atoms with Gasteiger partial charge in [0.05, 0.1) is 6.61 Å². The molecule has 1 aromatic rings. The van der Waals surface area contributed by atoms with E-state index >= 15 is 0 Å². The highest BCUT2D eigenvalue weighted by Gasteiger charge is 2.05. The molecule has 2 heteroatoms. The molecule has 82 valence electrons. The van der Waals surface area contributed by atoms with Gasteiger partial charge in [-0.05, 0) is 38.0 Å². The number of ether oxygens (including phenoxy) is 1. The summed E-state index contributed by atoms with van der Waals surface area (Å²) in [7, 11) is 0. The van der Waals surface area contributed by atoms with Crippen molar-refractivity contribution in [2.75, 3.05) is 6.61 Å². The summed E-state index contributed by atoms with van der Waals surface area (Å²) in [4.78, 5) is 0. The van der Waals surface area contributed by atoms with Gasteiger partial charge in [0, 0.05) is 6.04 Å². The van der Waals surface area contributed by atoms with Crippen LogP contribution in [0.2, 0.25) is 0 Å². The molecular weight excluding hydrogens is 186 g/mol. The SMILES string of the molecule is C=C(C)C[C@@H](N)c1ccc(OCC)cc1. The summed E-state index contributed by atoms with van der Waals surface area (Å²) in [6.07, 6.45) is 0.827. The van der Waals surface area contributed by atoms with Crippen LogP contribution in [0.3, 0.4) is 0 Å². The highest BCUT2D eigenvalue weighted by molar-refractivity contribution is 5.29. The molecule has 1 atom stereocenters. The first-order chi connectivity index (χ1) is 7.13. The molecule has 2 N–H and O–H groups in total. The maximum Gasteiger partial charge on any atom is 0.119 e. The number of hydrogen-bond donors (Lipinski definition) is 1. The molecule has 1 rings (SSSR count). The fourth-order valence-corrected chi connectivity index (χ4v) is 1.47. The van der Waals surface area contributed by atoms with Crippen LogP contribution in [0, 0.1) is 0 Å². The number of rotatable bonds is 5. The Kier molecular flexibility index (Phi) is 4.37. The molecule has 0 unspecified atom stereocenters. The van der Waals surface area contributed by atoms with Crippen LogP contribution < -0.4 is 10.5 Å². The summed E-state index contributed by atoms with van der Waals surface area (Å²) in [5.41, 5.74) is 8.25. The lowest BCUT2D eigenvalue weighted by atomic mass is 10.0. The van der Waals surface area contributed by atoms with Gasteiger partial charge in [-0.15, -0.1) is 6.58 Å². The molecule has 0 radical (unpaired) electrons. The first kappa shape index (κ1) is 11.8. The van der Waals surface area contributed by atoms with Crippen molar-refractivity contribution in [3.05, 3.63) is 42.0 Å². The van der Waals surface area contributed by atoms with E-state index in [0.717, 1.165) is 23.3 Å². The minimum absolute atomic E-state index is 0.0400. The molecule has 0 saturated heterocycles. The van der Waals surface area contributed by atoms with E-state index in [1.165, 1.54) is 0 Å². The van der Waals surface area contributed by atoms with Crippen LogP contribution in [0.4, 0.5) is 0 Å². The van der Waals surface area contributed by atoms with Crippen molar-refractivity contribution in [3.63, 3.8) is 0 Å². The van der Waals surface area contributed by atoms with E-state index in [0.29, 0.717) is 6.61 Å². The lowest BCUT2D eigenvalue weighted by molar-refractivity contribution is 0.340. The van der Waals surface area contributed by atoms with Gasteiger partial charge in [-0.3, -0.25) is 0 Å². The molecule has 0 spiro atoms. The van der Waals surface area contributed by atoms with E-state index in [4.69, 9.17) is 10.5 Å². The van der Waals surface area contributed by atoms with Crippen molar-refractivity contribution in [1.82, 2.24) is 0 Å². The molecular formula is C13H19NO. The van der Waals surface area contributed by atoms with Crippen LogP contribution in [0.5, 0.6) is 5.75 Å². The third kappa shape index (κ3) is 3.76. The van der Waals surface area contributed by atoms with E-state index in [2.05, 4.69) is 6.58 Å². The molecule has 0 aliphatic heterocycles. The Balaban J connectivity index is 2.66. The minimum atomic E-state index is 0.0400. The highest BCUT2D eigenvalue weighted by Crippen LogP contribution is 2.20. The van der Waals surface area contributed by atoms with Crippen LogP contribution >= 0.6 is 0 Å². The molecule has 15 heavy (non-hydrogen) atoms. The maximum atomic E-state index is 6.02. The molecule has 2 nitrogen and oxygen atoms in total. The van der Waals surface area contributed by atoms with Crippen LogP contribution in [0.15, 0.2) is 36.4 Å². The van der Waals surface area contributed by atoms with Gasteiger partial charge in [-0.1, -0.05) is 17.7 Å². The van der Waals surface area contributed by atoms with Gasteiger partial charge >= 0.3 is 0 Å². The van der Waals surface area contributed by atoms with Gasteiger partial charge in [0.25, 0.3) is 0 Å². The molecule has 0 amide bonds. The van der Waals surface area contributed by atoms with Gasteiger partial charge in [0.1, 0.15) is 5.75 Å². The van der Waals surface area contributed by atoms with Crippen molar-refractivity contribution in [3.8, 4) is 5.75 Å². The van der Waals surface area contributed by atoms with Crippen molar-refractivity contribution in [2.45, 2.75) is 26.3 Å². The molecule has 0 fully saturated rings. The zero-order valence-electron chi connectivity index (χ0n) is 9.49. The van der Waals surface area contributed by atoms with Crippen molar-refractivity contribution in [2.24, 2.45) is 5.73 Å². The van der Waals surface area contributed by atoms with Crippen LogP contribution in [-0.4, -0.2) is 6.61 Å². The topological polar surface area (TPSA) is 35.2 Å². The maximum absolute atomic E-state index is 6.02. The van der Waals surface area contributed by atoms with Crippen molar-refractivity contribution in [1.29, 1.82) is 0 Å². The van der Waals surface area contributed by atoms with E-state index in [1.54, 1.807) is 0 Å². The Morgan fingerprint density at radius 2 is 2.00 bits per heavy atom. The first-order valence-corrected chi connectivity index (χ1v) is 5.26. The summed E-state index contributed by atoms with van der Waals surface area (Å²) in [6.45, 7) is 8.52. The standard InChI is InChI=1S/C13H19NO/c1-4-15-12-7-5-11(6-8-12)13(14)9-10(2)3/h5-8,13H,2,4,9,14H2,1,3H3/t13-/m1/s1. The van der Waals surface area contributed by atoms with E-state index < -0.39 is 0 Å². The smallest absolute Gasteiger partial charge is 0.119 e. The van der Waals surface area contributed by atoms with Crippen LogP contribution in [0.1, 0.15) is 31.9 Å². The summed E-state index contributed by atoms with van der Waals surface area (Å²) >= 11 is 0. The van der Waals surface area contributed by atoms with E-state index in [1.807, 2.05) is 38.1 Å². The third-order valence-electron chi connectivity index (χ3n) is 2.19. The third-order valence-corrected chi connectivity index (χ3v) is 2.19. The predicted octanol–water partition coefficient (Wildman–Crippen LogP) is 3.05. The largest absolute Gasteiger partial charge is 0.494 e. The summed E-state index contributed by atoms with van der Waals surface area (Å²) in [5.74, 6) is 0.892. The normalized spacial score (nSPS) is 12.2. The fourth-order valence-electron chi connectivity index (χ4n) is 1.47. The van der Waals surface area contributed by atoms with E-state index in [-0.39, 0.29) is 6.04 Å². The van der Waals surface area contributed by atoms with Gasteiger partial charge < -0.3 is 10.5 Å². The lowest BCUT2D eigenvalue weighted by Gasteiger charge is -2.12. The molecule has 0 heterocycles. The van der Waals surface area contributed by atoms with E-state index in [9.17, 15) is 0 Å². The Labute approximate surface area is 91.7 Å². The van der Waals surface area contributed by atoms with Crippen molar-refractivity contribution < 1.29 is 4.74 Å². The van der Waals surface area contributed by atoms with Crippen LogP contribution in [-0.2, 0) is 0 Å². The molecule has 0 bridgehead atoms. The van der Waals surface area contributed by atoms with Crippen molar-refractivity contribution >= 4 is 0 Å². The van der Waals surface area contributed by atoms with Gasteiger partial charge in [0.2, 0.25) is 0 Å². The minimum Gasteiger partial charge on any atom is -0.494 e. The monoisotopic (exact) mass is 205 g/mol. The Bertz CT molecular complexity index is 316. The molecule has 0 aliphatic rings. The quantitative estimate of drug-likeness (QED) is 0.750. The first-order valence-electron chi connectivity index (χ1n) is 5.26. The molecule has 0 aromatic heterocycles. The zero-order chi connectivity index (χ0) is 11.3. The summed E-state index contributed by atoms with van der Waals surface area (Å²) in [5, 5.41) is 0. The number of benzene rings is 1. The van der Waals surface area contributed by atoms with Crippen LogP contribution in [0.25, 0.3) is 0 Å². The number of hydrogen-bond acceptors (Lipinski definition) is 2. The Morgan fingerprint density at radius 1 is 1.40 bits per heavy atom. The second-order valence-corrected chi connectivity index (χ2v) is 3.77.